The first-order valence-corrected chi connectivity index (χ1v) is 8.38. The van der Waals surface area contributed by atoms with Crippen LogP contribution in [0.2, 0.25) is 0 Å². The molecule has 0 heterocycles. The quantitative estimate of drug-likeness (QED) is 0.728. The van der Waals surface area contributed by atoms with E-state index in [2.05, 4.69) is 24.3 Å². The maximum absolute atomic E-state index is 12.1. The van der Waals surface area contributed by atoms with E-state index in [4.69, 9.17) is 4.74 Å². The Morgan fingerprint density at radius 1 is 1.19 bits per heavy atom. The van der Waals surface area contributed by atoms with Crippen molar-refractivity contribution in [2.24, 2.45) is 11.3 Å². The lowest BCUT2D eigenvalue weighted by Gasteiger charge is -2.44. The maximum Gasteiger partial charge on any atom is 0.308 e. The zero-order chi connectivity index (χ0) is 14.9. The van der Waals surface area contributed by atoms with Crippen LogP contribution in [0, 0.1) is 11.3 Å². The lowest BCUT2D eigenvalue weighted by Crippen LogP contribution is -2.35. The predicted octanol–water partition coefficient (Wildman–Crippen LogP) is 4.82. The molecule has 0 bridgehead atoms. The SMILES string of the molecule is CC(C)C(=O)OC1CC2(CCCCC2)Cc2ccccc21. The summed E-state index contributed by atoms with van der Waals surface area (Å²) in [6.45, 7) is 3.82. The first-order valence-electron chi connectivity index (χ1n) is 8.38. The molecule has 114 valence electrons. The summed E-state index contributed by atoms with van der Waals surface area (Å²) in [4.78, 5) is 12.1. The fourth-order valence-electron chi connectivity index (χ4n) is 4.05. The second-order valence-electron chi connectivity index (χ2n) is 7.22. The minimum absolute atomic E-state index is 0.0389. The van der Waals surface area contributed by atoms with Gasteiger partial charge >= 0.3 is 5.97 Å². The number of carbonyl (C=O) groups is 1. The zero-order valence-electron chi connectivity index (χ0n) is 13.2. The molecule has 3 rings (SSSR count). The van der Waals surface area contributed by atoms with Gasteiger partial charge in [0.15, 0.2) is 0 Å². The smallest absolute Gasteiger partial charge is 0.308 e. The Hall–Kier alpha value is -1.31. The Bertz CT molecular complexity index is 512. The van der Waals surface area contributed by atoms with Crippen LogP contribution in [-0.4, -0.2) is 5.97 Å². The molecule has 0 radical (unpaired) electrons. The van der Waals surface area contributed by atoms with Gasteiger partial charge in [0.05, 0.1) is 5.92 Å². The summed E-state index contributed by atoms with van der Waals surface area (Å²) in [5.74, 6) is -0.121. The largest absolute Gasteiger partial charge is 0.457 e. The fraction of sp³-hybridized carbons (Fsp3) is 0.632. The minimum Gasteiger partial charge on any atom is -0.457 e. The monoisotopic (exact) mass is 286 g/mol. The molecule has 2 heteroatoms. The van der Waals surface area contributed by atoms with E-state index in [1.54, 1.807) is 0 Å². The number of fused-ring (bicyclic) bond motifs is 1. The van der Waals surface area contributed by atoms with Crippen molar-refractivity contribution in [1.29, 1.82) is 0 Å². The summed E-state index contributed by atoms with van der Waals surface area (Å²) in [7, 11) is 0. The van der Waals surface area contributed by atoms with Gasteiger partial charge in [-0.15, -0.1) is 0 Å². The molecule has 0 aliphatic heterocycles. The molecule has 0 N–H and O–H groups in total. The molecular formula is C19H26O2. The van der Waals surface area contributed by atoms with Crippen molar-refractivity contribution < 1.29 is 9.53 Å². The molecule has 2 aliphatic rings. The molecule has 1 aromatic carbocycles. The van der Waals surface area contributed by atoms with E-state index in [0.717, 1.165) is 6.42 Å². The molecule has 1 saturated carbocycles. The highest BCUT2D eigenvalue weighted by Crippen LogP contribution is 2.50. The highest BCUT2D eigenvalue weighted by molar-refractivity contribution is 5.72. The van der Waals surface area contributed by atoms with Gasteiger partial charge in [0, 0.05) is 0 Å². The highest BCUT2D eigenvalue weighted by Gasteiger charge is 2.41. The Balaban J connectivity index is 1.88. The minimum atomic E-state index is -0.0670. The van der Waals surface area contributed by atoms with E-state index in [0.29, 0.717) is 5.41 Å². The molecule has 2 aliphatic carbocycles. The number of benzene rings is 1. The van der Waals surface area contributed by atoms with E-state index in [1.807, 2.05) is 13.8 Å². The third kappa shape index (κ3) is 3.00. The van der Waals surface area contributed by atoms with Gasteiger partial charge in [-0.1, -0.05) is 57.4 Å². The van der Waals surface area contributed by atoms with Crippen molar-refractivity contribution in [3.05, 3.63) is 35.4 Å². The van der Waals surface area contributed by atoms with Crippen LogP contribution in [-0.2, 0) is 16.0 Å². The van der Waals surface area contributed by atoms with Crippen LogP contribution in [0.3, 0.4) is 0 Å². The van der Waals surface area contributed by atoms with Crippen molar-refractivity contribution in [3.63, 3.8) is 0 Å². The molecule has 0 saturated heterocycles. The van der Waals surface area contributed by atoms with Crippen molar-refractivity contribution in [2.75, 3.05) is 0 Å². The van der Waals surface area contributed by atoms with E-state index in [-0.39, 0.29) is 18.0 Å². The molecule has 1 spiro atoms. The van der Waals surface area contributed by atoms with Gasteiger partial charge in [-0.2, -0.15) is 0 Å². The fourth-order valence-corrected chi connectivity index (χ4v) is 4.05. The third-order valence-electron chi connectivity index (χ3n) is 5.23. The second kappa shape index (κ2) is 5.82. The van der Waals surface area contributed by atoms with Crippen LogP contribution >= 0.6 is 0 Å². The molecule has 1 aromatic rings. The Kier molecular flexibility index (Phi) is 4.05. The molecule has 2 nitrogen and oxygen atoms in total. The van der Waals surface area contributed by atoms with Gasteiger partial charge in [0.2, 0.25) is 0 Å². The van der Waals surface area contributed by atoms with Crippen LogP contribution in [0.5, 0.6) is 0 Å². The van der Waals surface area contributed by atoms with Crippen LogP contribution in [0.1, 0.15) is 69.6 Å². The summed E-state index contributed by atoms with van der Waals surface area (Å²) in [6, 6.07) is 8.54. The molecular weight excluding hydrogens is 260 g/mol. The summed E-state index contributed by atoms with van der Waals surface area (Å²) >= 11 is 0. The van der Waals surface area contributed by atoms with Crippen molar-refractivity contribution in [2.45, 2.75) is 64.9 Å². The lowest BCUT2D eigenvalue weighted by atomic mass is 9.63. The van der Waals surface area contributed by atoms with Crippen LogP contribution < -0.4 is 0 Å². The van der Waals surface area contributed by atoms with Crippen LogP contribution in [0.15, 0.2) is 24.3 Å². The number of hydrogen-bond donors (Lipinski definition) is 0. The molecule has 1 unspecified atom stereocenters. The molecule has 1 atom stereocenters. The normalized spacial score (nSPS) is 23.9. The average Bonchev–Trinajstić information content (AvgIpc) is 2.47. The number of hydrogen-bond acceptors (Lipinski definition) is 2. The van der Waals surface area contributed by atoms with Crippen molar-refractivity contribution >= 4 is 5.97 Å². The molecule has 1 fully saturated rings. The molecule has 0 aromatic heterocycles. The predicted molar refractivity (Wildman–Crippen MR) is 84.0 cm³/mol. The van der Waals surface area contributed by atoms with Gasteiger partial charge in [-0.3, -0.25) is 4.79 Å². The Labute approximate surface area is 127 Å². The summed E-state index contributed by atoms with van der Waals surface area (Å²) in [5.41, 5.74) is 3.00. The van der Waals surface area contributed by atoms with Gasteiger partial charge in [0.25, 0.3) is 0 Å². The topological polar surface area (TPSA) is 26.3 Å². The van der Waals surface area contributed by atoms with Crippen molar-refractivity contribution in [3.8, 4) is 0 Å². The van der Waals surface area contributed by atoms with Gasteiger partial charge < -0.3 is 4.74 Å². The van der Waals surface area contributed by atoms with E-state index in [1.165, 1.54) is 49.7 Å². The lowest BCUT2D eigenvalue weighted by molar-refractivity contribution is -0.156. The summed E-state index contributed by atoms with van der Waals surface area (Å²) in [6.07, 6.45) is 8.73. The number of carbonyl (C=O) groups excluding carboxylic acids is 1. The van der Waals surface area contributed by atoms with E-state index >= 15 is 0 Å². The van der Waals surface area contributed by atoms with Crippen LogP contribution in [0.4, 0.5) is 0 Å². The van der Waals surface area contributed by atoms with E-state index in [9.17, 15) is 4.79 Å². The first-order chi connectivity index (χ1) is 10.1. The summed E-state index contributed by atoms with van der Waals surface area (Å²) in [5, 5.41) is 0. The van der Waals surface area contributed by atoms with Crippen molar-refractivity contribution in [1.82, 2.24) is 0 Å². The summed E-state index contributed by atoms with van der Waals surface area (Å²) < 4.78 is 5.87. The first kappa shape index (κ1) is 14.6. The number of esters is 1. The highest BCUT2D eigenvalue weighted by atomic mass is 16.5. The molecule has 21 heavy (non-hydrogen) atoms. The number of rotatable bonds is 2. The van der Waals surface area contributed by atoms with Gasteiger partial charge in [-0.25, -0.2) is 0 Å². The maximum atomic E-state index is 12.1. The zero-order valence-corrected chi connectivity index (χ0v) is 13.2. The molecule has 0 amide bonds. The standard InChI is InChI=1S/C19H26O2/c1-14(2)18(20)21-17-13-19(10-6-3-7-11-19)12-15-8-4-5-9-16(15)17/h4-5,8-9,14,17H,3,6-7,10-13H2,1-2H3. The third-order valence-corrected chi connectivity index (χ3v) is 5.23. The van der Waals surface area contributed by atoms with Gasteiger partial charge in [-0.05, 0) is 42.2 Å². The second-order valence-corrected chi connectivity index (χ2v) is 7.22. The van der Waals surface area contributed by atoms with Gasteiger partial charge in [0.1, 0.15) is 6.10 Å². The van der Waals surface area contributed by atoms with E-state index < -0.39 is 0 Å². The Morgan fingerprint density at radius 2 is 1.90 bits per heavy atom. The Morgan fingerprint density at radius 3 is 2.62 bits per heavy atom. The average molecular weight is 286 g/mol. The number of ether oxygens (including phenoxy) is 1. The van der Waals surface area contributed by atoms with Crippen LogP contribution in [0.25, 0.3) is 0 Å².